The molecule has 0 rings (SSSR count). The molecule has 4 atom stereocenters. The third-order valence-electron chi connectivity index (χ3n) is 0. The van der Waals surface area contributed by atoms with Crippen molar-refractivity contribution in [2.45, 2.75) is 52.6 Å². The van der Waals surface area contributed by atoms with Crippen molar-refractivity contribution in [1.29, 1.82) is 0 Å². The van der Waals surface area contributed by atoms with E-state index in [-0.39, 0.29) is 21.7 Å². The van der Waals surface area contributed by atoms with E-state index in [4.69, 9.17) is 20.4 Å². The van der Waals surface area contributed by atoms with Crippen LogP contribution in [0.15, 0.2) is 0 Å². The van der Waals surface area contributed by atoms with Gasteiger partial charge in [-0.05, 0) is 27.7 Å². The van der Waals surface area contributed by atoms with E-state index in [1.807, 2.05) is 0 Å². The third-order valence-corrected chi connectivity index (χ3v) is 0. The molecule has 9 heteroatoms. The Morgan fingerprint density at radius 2 is 0.529 bits per heavy atom. The first-order chi connectivity index (χ1) is 6.93. The van der Waals surface area contributed by atoms with Crippen LogP contribution in [0.5, 0.6) is 0 Å². The molecule has 17 heavy (non-hydrogen) atoms. The van der Waals surface area contributed by atoms with Crippen molar-refractivity contribution in [2.75, 3.05) is 0 Å². The fourth-order valence-electron chi connectivity index (χ4n) is 0. The van der Waals surface area contributed by atoms with E-state index in [0.717, 1.165) is 0 Å². The van der Waals surface area contributed by atoms with Crippen LogP contribution in [0.3, 0.4) is 0 Å². The van der Waals surface area contributed by atoms with Crippen LogP contribution in [0, 0.1) is 0 Å². The number of nitrogens with two attached hydrogens (primary N) is 4. The monoisotopic (exact) mass is 292 g/mol. The zero-order chi connectivity index (χ0) is 14.3. The summed E-state index contributed by atoms with van der Waals surface area (Å²) < 4.78 is 0. The number of hydrogen-bond donors (Lipinski definition) is 8. The Balaban J connectivity index is -0.0000000369. The molecule has 0 aromatic heterocycles. The fraction of sp³-hybridized carbons (Fsp3) is 1.00. The molecule has 8 nitrogen and oxygen atoms in total. The van der Waals surface area contributed by atoms with E-state index >= 15 is 0 Å². The summed E-state index contributed by atoms with van der Waals surface area (Å²) in [7, 11) is 0. The van der Waals surface area contributed by atoms with Gasteiger partial charge in [0.2, 0.25) is 0 Å². The zero-order valence-corrected chi connectivity index (χ0v) is 12.5. The van der Waals surface area contributed by atoms with Crippen LogP contribution >= 0.6 is 0 Å². The smallest absolute Gasteiger partial charge is 0.0991 e. The van der Waals surface area contributed by atoms with Gasteiger partial charge >= 0.3 is 0 Å². The van der Waals surface area contributed by atoms with Crippen LogP contribution in [0.2, 0.25) is 0 Å². The molecular formula is C8H28N4O4Ti. The molecule has 0 saturated heterocycles. The Kier molecular flexibility index (Phi) is 45.3. The first kappa shape index (κ1) is 30.4. The van der Waals surface area contributed by atoms with Crippen LogP contribution in [-0.2, 0) is 21.7 Å². The molecule has 0 aliphatic carbocycles. The molecule has 4 unspecified atom stereocenters. The maximum Gasteiger partial charge on any atom is 0.0991 e. The van der Waals surface area contributed by atoms with E-state index in [0.29, 0.717) is 0 Å². The minimum Gasteiger partial charge on any atom is -0.379 e. The van der Waals surface area contributed by atoms with Gasteiger partial charge in [0.1, 0.15) is 0 Å². The van der Waals surface area contributed by atoms with E-state index in [9.17, 15) is 0 Å². The van der Waals surface area contributed by atoms with Gasteiger partial charge in [0.15, 0.2) is 0 Å². The molecule has 0 heterocycles. The van der Waals surface area contributed by atoms with Crippen LogP contribution in [-0.4, -0.2) is 45.3 Å². The van der Waals surface area contributed by atoms with Crippen molar-refractivity contribution in [3.05, 3.63) is 0 Å². The van der Waals surface area contributed by atoms with Crippen molar-refractivity contribution in [2.24, 2.45) is 22.9 Å². The quantitative estimate of drug-likeness (QED) is 0.173. The molecule has 0 amide bonds. The molecule has 0 bridgehead atoms. The van der Waals surface area contributed by atoms with Crippen LogP contribution in [0.1, 0.15) is 27.7 Å². The molecule has 0 fully saturated rings. The van der Waals surface area contributed by atoms with Gasteiger partial charge in [-0.15, -0.1) is 0 Å². The van der Waals surface area contributed by atoms with Gasteiger partial charge in [-0.3, -0.25) is 0 Å². The molecule has 0 radical (unpaired) electrons. The van der Waals surface area contributed by atoms with E-state index in [1.165, 1.54) is 27.7 Å². The number of aliphatic hydroxyl groups excluding tert-OH is 4. The standard InChI is InChI=1S/4C2H7NO.Ti/c4*1-2(3)4;/h4*2,4H,3H2,1H3;. The summed E-state index contributed by atoms with van der Waals surface area (Å²) in [5.74, 6) is 0. The Hall–Kier alpha value is 0.394. The Labute approximate surface area is 118 Å². The molecule has 0 aromatic rings. The zero-order valence-electron chi connectivity index (χ0n) is 10.9. The molecule has 108 valence electrons. The van der Waals surface area contributed by atoms with Crippen molar-refractivity contribution in [1.82, 2.24) is 0 Å². The van der Waals surface area contributed by atoms with Crippen LogP contribution in [0.4, 0.5) is 0 Å². The fourth-order valence-corrected chi connectivity index (χ4v) is 0. The molecule has 0 aliphatic heterocycles. The van der Waals surface area contributed by atoms with Gasteiger partial charge in [0.05, 0.1) is 24.9 Å². The van der Waals surface area contributed by atoms with Gasteiger partial charge in [-0.25, -0.2) is 0 Å². The molecule has 0 aliphatic rings. The van der Waals surface area contributed by atoms with Gasteiger partial charge in [-0.1, -0.05) is 0 Å². The normalized spacial score (nSPS) is 14.8. The van der Waals surface area contributed by atoms with E-state index in [2.05, 4.69) is 22.9 Å². The van der Waals surface area contributed by atoms with Crippen molar-refractivity contribution in [3.63, 3.8) is 0 Å². The Morgan fingerprint density at radius 3 is 0.529 bits per heavy atom. The SMILES string of the molecule is CC(N)O.CC(N)O.CC(N)O.CC(N)O.[Ti]. The first-order valence-electron chi connectivity index (χ1n) is 4.68. The van der Waals surface area contributed by atoms with Crippen molar-refractivity contribution >= 4 is 0 Å². The summed E-state index contributed by atoms with van der Waals surface area (Å²) in [6.07, 6.45) is -2.67. The third kappa shape index (κ3) is 21800. The Morgan fingerprint density at radius 1 is 0.529 bits per heavy atom. The van der Waals surface area contributed by atoms with E-state index < -0.39 is 24.9 Å². The number of hydrogen-bond acceptors (Lipinski definition) is 8. The topological polar surface area (TPSA) is 185 Å². The summed E-state index contributed by atoms with van der Waals surface area (Å²) in [4.78, 5) is 0. The average Bonchev–Trinajstić information content (AvgIpc) is 1.76. The summed E-state index contributed by atoms with van der Waals surface area (Å²) in [6, 6.07) is 0. The minimum atomic E-state index is -0.667. The maximum absolute atomic E-state index is 7.83. The molecule has 0 aromatic carbocycles. The predicted octanol–water partition coefficient (Wildman–Crippen LogP) is -2.87. The second-order valence-corrected chi connectivity index (χ2v) is 2.96. The summed E-state index contributed by atoms with van der Waals surface area (Å²) >= 11 is 0. The first-order valence-corrected chi connectivity index (χ1v) is 4.68. The van der Waals surface area contributed by atoms with Gasteiger partial charge < -0.3 is 43.4 Å². The minimum absolute atomic E-state index is 0. The summed E-state index contributed by atoms with van der Waals surface area (Å²) in [6.45, 7) is 6.00. The van der Waals surface area contributed by atoms with Gasteiger partial charge in [0.25, 0.3) is 0 Å². The maximum atomic E-state index is 7.83. The number of aliphatic hydroxyl groups is 4. The van der Waals surface area contributed by atoms with Gasteiger partial charge in [0, 0.05) is 21.7 Å². The molecule has 0 spiro atoms. The molecule has 0 saturated carbocycles. The second-order valence-electron chi connectivity index (χ2n) is 2.96. The predicted molar refractivity (Wildman–Crippen MR) is 63.5 cm³/mol. The van der Waals surface area contributed by atoms with Crippen LogP contribution < -0.4 is 22.9 Å². The summed E-state index contributed by atoms with van der Waals surface area (Å²) in [5, 5.41) is 31.3. The molecule has 12 N–H and O–H groups in total. The van der Waals surface area contributed by atoms with Crippen LogP contribution in [0.25, 0.3) is 0 Å². The average molecular weight is 292 g/mol. The largest absolute Gasteiger partial charge is 0.379 e. The van der Waals surface area contributed by atoms with Gasteiger partial charge in [-0.2, -0.15) is 0 Å². The van der Waals surface area contributed by atoms with E-state index in [1.54, 1.807) is 0 Å². The van der Waals surface area contributed by atoms with Crippen molar-refractivity contribution in [3.8, 4) is 0 Å². The summed E-state index contributed by atoms with van der Waals surface area (Å²) in [5.41, 5.74) is 18.7. The van der Waals surface area contributed by atoms with Crippen molar-refractivity contribution < 1.29 is 42.1 Å². The molecular weight excluding hydrogens is 264 g/mol. The number of rotatable bonds is 0. The second kappa shape index (κ2) is 25.3. The Bertz CT molecular complexity index is 72.5.